The van der Waals surface area contributed by atoms with E-state index in [1.165, 1.54) is 6.92 Å². The molecule has 1 amide bonds. The van der Waals surface area contributed by atoms with Crippen molar-refractivity contribution in [2.24, 2.45) is 17.6 Å². The Morgan fingerprint density at radius 1 is 1.12 bits per heavy atom. The molecule has 0 fully saturated rings. The van der Waals surface area contributed by atoms with Crippen LogP contribution >= 0.6 is 0 Å². The zero-order chi connectivity index (χ0) is 19.5. The van der Waals surface area contributed by atoms with Crippen LogP contribution in [-0.4, -0.2) is 30.1 Å². The van der Waals surface area contributed by atoms with Gasteiger partial charge >= 0.3 is 0 Å². The smallest absolute Gasteiger partial charge is 0.224 e. The van der Waals surface area contributed by atoms with Crippen molar-refractivity contribution in [2.75, 3.05) is 6.54 Å². The molecule has 0 bridgehead atoms. The van der Waals surface area contributed by atoms with Crippen molar-refractivity contribution >= 4 is 17.5 Å². The number of carbonyl (C=O) groups excluding carboxylic acids is 3. The maximum Gasteiger partial charge on any atom is 0.224 e. The van der Waals surface area contributed by atoms with Gasteiger partial charge in [-0.05, 0) is 44.2 Å². The number of rotatable bonds is 12. The van der Waals surface area contributed by atoms with Gasteiger partial charge < -0.3 is 11.1 Å². The second-order valence-corrected chi connectivity index (χ2v) is 7.32. The van der Waals surface area contributed by atoms with Crippen molar-refractivity contribution in [3.8, 4) is 0 Å². The van der Waals surface area contributed by atoms with Crippen molar-refractivity contribution in [1.29, 1.82) is 0 Å². The summed E-state index contributed by atoms with van der Waals surface area (Å²) in [4.78, 5) is 36.9. The van der Waals surface area contributed by atoms with Gasteiger partial charge in [-0.15, -0.1) is 0 Å². The van der Waals surface area contributed by atoms with E-state index in [4.69, 9.17) is 5.73 Å². The summed E-state index contributed by atoms with van der Waals surface area (Å²) in [6.07, 6.45) is 2.24. The van der Waals surface area contributed by atoms with Gasteiger partial charge in [0.25, 0.3) is 0 Å². The molecule has 0 aliphatic rings. The molecule has 0 saturated heterocycles. The van der Waals surface area contributed by atoms with Crippen LogP contribution in [0.15, 0.2) is 30.3 Å². The molecule has 0 aliphatic heterocycles. The number of benzene rings is 1. The van der Waals surface area contributed by atoms with Gasteiger partial charge in [-0.2, -0.15) is 0 Å². The van der Waals surface area contributed by atoms with E-state index in [1.54, 1.807) is 0 Å². The summed E-state index contributed by atoms with van der Waals surface area (Å²) in [7, 11) is 0. The summed E-state index contributed by atoms with van der Waals surface area (Å²) in [5.74, 6) is -0.184. The Bertz CT molecular complexity index is 584. The van der Waals surface area contributed by atoms with E-state index in [0.717, 1.165) is 5.56 Å². The lowest BCUT2D eigenvalue weighted by Crippen LogP contribution is -2.43. The molecule has 3 N–H and O–H groups in total. The van der Waals surface area contributed by atoms with Crippen LogP contribution in [0.2, 0.25) is 0 Å². The number of nitrogens with two attached hydrogens (primary N) is 1. The molecular weight excluding hydrogens is 328 g/mol. The first-order chi connectivity index (χ1) is 12.3. The molecule has 144 valence electrons. The highest BCUT2D eigenvalue weighted by Gasteiger charge is 2.26. The van der Waals surface area contributed by atoms with E-state index in [0.29, 0.717) is 31.7 Å². The molecule has 0 heterocycles. The molecule has 0 aliphatic carbocycles. The molecule has 0 saturated carbocycles. The van der Waals surface area contributed by atoms with E-state index in [9.17, 15) is 14.4 Å². The predicted molar refractivity (Wildman–Crippen MR) is 104 cm³/mol. The van der Waals surface area contributed by atoms with Gasteiger partial charge in [0.1, 0.15) is 5.78 Å². The highest BCUT2D eigenvalue weighted by atomic mass is 16.2. The van der Waals surface area contributed by atoms with Crippen LogP contribution < -0.4 is 11.1 Å². The quantitative estimate of drug-likeness (QED) is 0.600. The predicted octanol–water partition coefficient (Wildman–Crippen LogP) is 2.66. The van der Waals surface area contributed by atoms with Crippen LogP contribution in [-0.2, 0) is 20.8 Å². The van der Waals surface area contributed by atoms with Crippen LogP contribution in [0.1, 0.15) is 52.0 Å². The summed E-state index contributed by atoms with van der Waals surface area (Å²) in [6, 6.07) is 8.83. The molecule has 0 unspecified atom stereocenters. The Labute approximate surface area is 156 Å². The fourth-order valence-corrected chi connectivity index (χ4v) is 3.01. The van der Waals surface area contributed by atoms with E-state index < -0.39 is 6.04 Å². The van der Waals surface area contributed by atoms with E-state index in [2.05, 4.69) is 5.32 Å². The van der Waals surface area contributed by atoms with Gasteiger partial charge in [0.05, 0.1) is 12.5 Å². The summed E-state index contributed by atoms with van der Waals surface area (Å²) in [5, 5.41) is 2.84. The minimum Gasteiger partial charge on any atom is -0.346 e. The Kier molecular flexibility index (Phi) is 9.81. The second-order valence-electron chi connectivity index (χ2n) is 7.32. The molecule has 1 rings (SSSR count). The van der Waals surface area contributed by atoms with Gasteiger partial charge in [0.15, 0.2) is 5.78 Å². The lowest BCUT2D eigenvalue weighted by Gasteiger charge is -2.21. The Balaban J connectivity index is 2.72. The molecule has 0 radical (unpaired) electrons. The molecular formula is C21H32N2O3. The fourth-order valence-electron chi connectivity index (χ4n) is 3.01. The Morgan fingerprint density at radius 2 is 1.77 bits per heavy atom. The molecule has 5 heteroatoms. The molecule has 26 heavy (non-hydrogen) atoms. The summed E-state index contributed by atoms with van der Waals surface area (Å²) in [6.45, 7) is 6.06. The minimum absolute atomic E-state index is 0.0280. The Morgan fingerprint density at radius 3 is 2.31 bits per heavy atom. The number of hydrogen-bond acceptors (Lipinski definition) is 4. The average Bonchev–Trinajstić information content (AvgIpc) is 2.58. The van der Waals surface area contributed by atoms with Crippen molar-refractivity contribution in [2.45, 2.75) is 58.9 Å². The number of ketones is 2. The third-order valence-corrected chi connectivity index (χ3v) is 4.41. The molecule has 0 aromatic heterocycles. The fraction of sp³-hybridized carbons (Fsp3) is 0.571. The third-order valence-electron chi connectivity index (χ3n) is 4.41. The highest BCUT2D eigenvalue weighted by Crippen LogP contribution is 2.18. The van der Waals surface area contributed by atoms with Gasteiger partial charge in [-0.1, -0.05) is 44.2 Å². The first-order valence-corrected chi connectivity index (χ1v) is 9.40. The monoisotopic (exact) mass is 360 g/mol. The Hall–Kier alpha value is -2.01. The number of nitrogens with one attached hydrogen (secondary N) is 1. The second kappa shape index (κ2) is 11.6. The van der Waals surface area contributed by atoms with Crippen LogP contribution in [0, 0.1) is 11.8 Å². The molecule has 5 nitrogen and oxygen atoms in total. The van der Waals surface area contributed by atoms with Gasteiger partial charge in [-0.25, -0.2) is 0 Å². The normalized spacial score (nSPS) is 13.3. The summed E-state index contributed by atoms with van der Waals surface area (Å²) < 4.78 is 0. The van der Waals surface area contributed by atoms with Crippen LogP contribution in [0.25, 0.3) is 0 Å². The van der Waals surface area contributed by atoms with Crippen molar-refractivity contribution < 1.29 is 14.4 Å². The molecule has 1 aromatic carbocycles. The van der Waals surface area contributed by atoms with Gasteiger partial charge in [0, 0.05) is 12.3 Å². The number of Topliss-reactive ketones (excluding diaryl/α,β-unsaturated/α-hetero) is 2. The van der Waals surface area contributed by atoms with E-state index >= 15 is 0 Å². The molecule has 0 spiro atoms. The first kappa shape index (κ1) is 22.0. The van der Waals surface area contributed by atoms with E-state index in [1.807, 2.05) is 44.2 Å². The van der Waals surface area contributed by atoms with Crippen LogP contribution in [0.5, 0.6) is 0 Å². The largest absolute Gasteiger partial charge is 0.346 e. The summed E-state index contributed by atoms with van der Waals surface area (Å²) in [5.41, 5.74) is 6.47. The zero-order valence-electron chi connectivity index (χ0n) is 16.2. The lowest BCUT2D eigenvalue weighted by molar-refractivity contribution is -0.130. The van der Waals surface area contributed by atoms with Gasteiger partial charge in [-0.3, -0.25) is 14.4 Å². The highest BCUT2D eigenvalue weighted by molar-refractivity contribution is 5.92. The standard InChI is InChI=1S/C21H32N2O3/c1-15(2)12-18(16(3)24)14-20(25)19(10-7-11-22)23-21(26)13-17-8-5-4-6-9-17/h4-6,8-9,15,18-19H,7,10-14,22H2,1-3H3,(H,23,26)/t18-,19+/m1/s1. The minimum atomic E-state index is -0.580. The van der Waals surface area contributed by atoms with Gasteiger partial charge in [0.2, 0.25) is 5.91 Å². The maximum atomic E-state index is 12.7. The summed E-state index contributed by atoms with van der Waals surface area (Å²) >= 11 is 0. The molecule has 1 aromatic rings. The topological polar surface area (TPSA) is 89.3 Å². The van der Waals surface area contributed by atoms with Crippen molar-refractivity contribution in [3.05, 3.63) is 35.9 Å². The molecule has 2 atom stereocenters. The third kappa shape index (κ3) is 8.39. The van der Waals surface area contributed by atoms with Crippen LogP contribution in [0.3, 0.4) is 0 Å². The van der Waals surface area contributed by atoms with Crippen LogP contribution in [0.4, 0.5) is 0 Å². The zero-order valence-corrected chi connectivity index (χ0v) is 16.2. The number of amides is 1. The SMILES string of the molecule is CC(=O)[C@@H](CC(=O)[C@H](CCCN)NC(=O)Cc1ccccc1)CC(C)C. The van der Waals surface area contributed by atoms with Crippen molar-refractivity contribution in [3.63, 3.8) is 0 Å². The van der Waals surface area contributed by atoms with Crippen molar-refractivity contribution in [1.82, 2.24) is 5.32 Å². The number of carbonyl (C=O) groups is 3. The average molecular weight is 360 g/mol. The first-order valence-electron chi connectivity index (χ1n) is 9.40. The maximum absolute atomic E-state index is 12.7. The number of hydrogen-bond donors (Lipinski definition) is 2. The van der Waals surface area contributed by atoms with E-state index in [-0.39, 0.29) is 36.2 Å². The lowest BCUT2D eigenvalue weighted by atomic mass is 9.87.